The van der Waals surface area contributed by atoms with Crippen molar-refractivity contribution in [3.05, 3.63) is 11.6 Å². The van der Waals surface area contributed by atoms with Gasteiger partial charge in [0.1, 0.15) is 5.52 Å². The highest BCUT2D eigenvalue weighted by atomic mass is 35.5. The maximum Gasteiger partial charge on any atom is 0.226 e. The number of rotatable bonds is 1. The number of H-pyrrole nitrogens is 1. The van der Waals surface area contributed by atoms with Crippen LogP contribution in [-0.4, -0.2) is 45.2 Å². The molecular formula is C11H14ClN5O. The summed E-state index contributed by atoms with van der Waals surface area (Å²) in [7, 11) is 0. The predicted molar refractivity (Wildman–Crippen MR) is 68.9 cm³/mol. The van der Waals surface area contributed by atoms with Gasteiger partial charge >= 0.3 is 0 Å². The number of aromatic amines is 1. The van der Waals surface area contributed by atoms with Gasteiger partial charge in [-0.15, -0.1) is 0 Å². The number of hydrogen-bond acceptors (Lipinski definition) is 5. The fraction of sp³-hybridized carbons (Fsp3) is 0.545. The number of ether oxygens (including phenoxy) is 1. The van der Waals surface area contributed by atoms with Crippen molar-refractivity contribution >= 4 is 28.6 Å². The molecule has 1 aliphatic heterocycles. The largest absolute Gasteiger partial charge is 0.372 e. The summed E-state index contributed by atoms with van der Waals surface area (Å²) >= 11 is 5.94. The molecule has 2 aromatic rings. The van der Waals surface area contributed by atoms with E-state index in [2.05, 4.69) is 38.7 Å². The number of anilines is 1. The zero-order valence-corrected chi connectivity index (χ0v) is 11.0. The SMILES string of the molecule is CC1CN(c2nc(Cl)nc3nc[nH]c23)CC(C)O1. The van der Waals surface area contributed by atoms with Gasteiger partial charge in [0.2, 0.25) is 5.28 Å². The third-order valence-corrected chi connectivity index (χ3v) is 3.13. The Morgan fingerprint density at radius 2 is 2.06 bits per heavy atom. The van der Waals surface area contributed by atoms with E-state index in [-0.39, 0.29) is 17.5 Å². The Kier molecular flexibility index (Phi) is 2.83. The van der Waals surface area contributed by atoms with Crippen LogP contribution in [-0.2, 0) is 4.74 Å². The number of nitrogens with one attached hydrogen (secondary N) is 1. The number of halogens is 1. The summed E-state index contributed by atoms with van der Waals surface area (Å²) in [5.74, 6) is 0.796. The fourth-order valence-corrected chi connectivity index (χ4v) is 2.53. The van der Waals surface area contributed by atoms with Gasteiger partial charge in [-0.1, -0.05) is 0 Å². The topological polar surface area (TPSA) is 66.9 Å². The summed E-state index contributed by atoms with van der Waals surface area (Å²) in [5, 5.41) is 0.219. The number of morpholine rings is 1. The van der Waals surface area contributed by atoms with E-state index in [9.17, 15) is 0 Å². The normalized spacial score (nSPS) is 24.7. The molecule has 1 aliphatic rings. The first-order valence-corrected chi connectivity index (χ1v) is 6.28. The Labute approximate surface area is 109 Å². The minimum Gasteiger partial charge on any atom is -0.372 e. The molecule has 1 N–H and O–H groups in total. The van der Waals surface area contributed by atoms with Gasteiger partial charge in [0, 0.05) is 13.1 Å². The molecule has 0 aromatic carbocycles. The van der Waals surface area contributed by atoms with Crippen molar-refractivity contribution in [1.29, 1.82) is 0 Å². The molecule has 0 aliphatic carbocycles. The van der Waals surface area contributed by atoms with Crippen molar-refractivity contribution in [1.82, 2.24) is 19.9 Å². The molecule has 18 heavy (non-hydrogen) atoms. The zero-order chi connectivity index (χ0) is 12.7. The van der Waals surface area contributed by atoms with Crippen LogP contribution in [0.5, 0.6) is 0 Å². The van der Waals surface area contributed by atoms with Crippen LogP contribution >= 0.6 is 11.6 Å². The number of imidazole rings is 1. The molecule has 1 fully saturated rings. The summed E-state index contributed by atoms with van der Waals surface area (Å²) in [5.41, 5.74) is 1.41. The number of fused-ring (bicyclic) bond motifs is 1. The monoisotopic (exact) mass is 267 g/mol. The summed E-state index contributed by atoms with van der Waals surface area (Å²) in [6.45, 7) is 5.67. The molecule has 3 rings (SSSR count). The van der Waals surface area contributed by atoms with Crippen molar-refractivity contribution < 1.29 is 4.74 Å². The highest BCUT2D eigenvalue weighted by molar-refractivity contribution is 6.28. The first kappa shape index (κ1) is 11.7. The molecule has 3 heterocycles. The molecule has 2 aromatic heterocycles. The molecule has 96 valence electrons. The van der Waals surface area contributed by atoms with Crippen molar-refractivity contribution in [2.45, 2.75) is 26.1 Å². The van der Waals surface area contributed by atoms with E-state index in [1.807, 2.05) is 0 Å². The quantitative estimate of drug-likeness (QED) is 0.796. The third-order valence-electron chi connectivity index (χ3n) is 2.96. The molecule has 0 saturated carbocycles. The van der Waals surface area contributed by atoms with Gasteiger partial charge in [-0.05, 0) is 25.4 Å². The predicted octanol–water partition coefficient (Wildman–Crippen LogP) is 1.62. The van der Waals surface area contributed by atoms with Crippen molar-refractivity contribution in [3.8, 4) is 0 Å². The molecule has 0 amide bonds. The van der Waals surface area contributed by atoms with E-state index in [0.29, 0.717) is 5.65 Å². The molecule has 2 unspecified atom stereocenters. The Hall–Kier alpha value is -1.40. The number of aromatic nitrogens is 4. The van der Waals surface area contributed by atoms with E-state index >= 15 is 0 Å². The summed E-state index contributed by atoms with van der Waals surface area (Å²) < 4.78 is 5.72. The number of hydrogen-bond donors (Lipinski definition) is 1. The van der Waals surface area contributed by atoms with Crippen LogP contribution in [0.4, 0.5) is 5.82 Å². The first-order chi connectivity index (χ1) is 8.63. The summed E-state index contributed by atoms with van der Waals surface area (Å²) in [6.07, 6.45) is 1.94. The average molecular weight is 268 g/mol. The zero-order valence-electron chi connectivity index (χ0n) is 10.2. The maximum atomic E-state index is 5.94. The van der Waals surface area contributed by atoms with Crippen LogP contribution in [0.3, 0.4) is 0 Å². The van der Waals surface area contributed by atoms with Gasteiger partial charge in [-0.25, -0.2) is 4.98 Å². The molecule has 6 nitrogen and oxygen atoms in total. The minimum atomic E-state index is 0.167. The Morgan fingerprint density at radius 3 is 2.78 bits per heavy atom. The summed E-state index contributed by atoms with van der Waals surface area (Å²) in [4.78, 5) is 17.8. The Bertz CT molecular complexity index is 562. The van der Waals surface area contributed by atoms with Gasteiger partial charge in [0.15, 0.2) is 11.5 Å². The Balaban J connectivity index is 2.05. The van der Waals surface area contributed by atoms with Crippen LogP contribution in [0.15, 0.2) is 6.33 Å². The van der Waals surface area contributed by atoms with Crippen LogP contribution in [0.25, 0.3) is 11.2 Å². The van der Waals surface area contributed by atoms with E-state index < -0.39 is 0 Å². The lowest BCUT2D eigenvalue weighted by atomic mass is 10.2. The Morgan fingerprint density at radius 1 is 1.33 bits per heavy atom. The van der Waals surface area contributed by atoms with Gasteiger partial charge in [-0.2, -0.15) is 9.97 Å². The van der Waals surface area contributed by atoms with E-state index in [4.69, 9.17) is 16.3 Å². The lowest BCUT2D eigenvalue weighted by Gasteiger charge is -2.36. The fourth-order valence-electron chi connectivity index (χ4n) is 2.37. The molecule has 7 heteroatoms. The van der Waals surface area contributed by atoms with E-state index in [0.717, 1.165) is 24.4 Å². The second-order valence-electron chi connectivity index (χ2n) is 4.58. The maximum absolute atomic E-state index is 5.94. The van der Waals surface area contributed by atoms with Gasteiger partial charge in [-0.3, -0.25) is 0 Å². The lowest BCUT2D eigenvalue weighted by molar-refractivity contribution is -0.00538. The van der Waals surface area contributed by atoms with Gasteiger partial charge in [0.05, 0.1) is 18.5 Å². The lowest BCUT2D eigenvalue weighted by Crippen LogP contribution is -2.46. The van der Waals surface area contributed by atoms with Crippen LogP contribution in [0.2, 0.25) is 5.28 Å². The third kappa shape index (κ3) is 2.02. The van der Waals surface area contributed by atoms with Crippen molar-refractivity contribution in [3.63, 3.8) is 0 Å². The highest BCUT2D eigenvalue weighted by Crippen LogP contribution is 2.25. The van der Waals surface area contributed by atoms with E-state index in [1.54, 1.807) is 6.33 Å². The second kappa shape index (κ2) is 4.37. The summed E-state index contributed by atoms with van der Waals surface area (Å²) in [6, 6.07) is 0. The van der Waals surface area contributed by atoms with E-state index in [1.165, 1.54) is 0 Å². The van der Waals surface area contributed by atoms with Crippen molar-refractivity contribution in [2.75, 3.05) is 18.0 Å². The number of nitrogens with zero attached hydrogens (tertiary/aromatic N) is 4. The molecule has 2 atom stereocenters. The van der Waals surface area contributed by atoms with Gasteiger partial charge in [0.25, 0.3) is 0 Å². The van der Waals surface area contributed by atoms with Crippen LogP contribution in [0.1, 0.15) is 13.8 Å². The molecule has 0 bridgehead atoms. The molecule has 0 spiro atoms. The first-order valence-electron chi connectivity index (χ1n) is 5.90. The second-order valence-corrected chi connectivity index (χ2v) is 4.92. The molecule has 0 radical (unpaired) electrons. The average Bonchev–Trinajstić information content (AvgIpc) is 2.74. The molecule has 1 saturated heterocycles. The minimum absolute atomic E-state index is 0.167. The molecular weight excluding hydrogens is 254 g/mol. The standard InChI is InChI=1S/C11H14ClN5O/c1-6-3-17(4-7(2)18-6)10-8-9(14-5-13-8)15-11(12)16-10/h5-7H,3-4H2,1-2H3,(H,13,14,15,16). The van der Waals surface area contributed by atoms with Gasteiger partial charge < -0.3 is 14.6 Å². The highest BCUT2D eigenvalue weighted by Gasteiger charge is 2.25. The van der Waals surface area contributed by atoms with Crippen LogP contribution < -0.4 is 4.90 Å². The van der Waals surface area contributed by atoms with Crippen molar-refractivity contribution in [2.24, 2.45) is 0 Å². The van der Waals surface area contributed by atoms with Crippen LogP contribution in [0, 0.1) is 0 Å². The smallest absolute Gasteiger partial charge is 0.226 e.